The predicted molar refractivity (Wildman–Crippen MR) is 106 cm³/mol. The van der Waals surface area contributed by atoms with Crippen LogP contribution in [0.15, 0.2) is 18.2 Å². The van der Waals surface area contributed by atoms with Crippen molar-refractivity contribution in [2.45, 2.75) is 65.1 Å². The number of amides is 1. The predicted octanol–water partition coefficient (Wildman–Crippen LogP) is 5.07. The molecule has 5 nitrogen and oxygen atoms in total. The molecule has 0 spiro atoms. The van der Waals surface area contributed by atoms with Crippen LogP contribution in [-0.2, 0) is 14.3 Å². The topological polar surface area (TPSA) is 56.8 Å². The van der Waals surface area contributed by atoms with Crippen molar-refractivity contribution in [1.82, 2.24) is 0 Å². The van der Waals surface area contributed by atoms with Gasteiger partial charge in [0, 0.05) is 19.4 Å². The maximum Gasteiger partial charge on any atom is 0.256 e. The van der Waals surface area contributed by atoms with E-state index in [4.69, 9.17) is 25.8 Å². The molecule has 26 heavy (non-hydrogen) atoms. The van der Waals surface area contributed by atoms with Gasteiger partial charge in [0.05, 0.1) is 11.6 Å². The Morgan fingerprint density at radius 2 is 2.04 bits per heavy atom. The van der Waals surface area contributed by atoms with Crippen molar-refractivity contribution in [2.24, 2.45) is 0 Å². The molecule has 0 fully saturated rings. The molecular weight excluding hydrogens is 354 g/mol. The summed E-state index contributed by atoms with van der Waals surface area (Å²) < 4.78 is 16.6. The molecule has 1 N–H and O–H groups in total. The Morgan fingerprint density at radius 1 is 1.31 bits per heavy atom. The fraction of sp³-hybridized carbons (Fsp3) is 0.650. The Kier molecular flexibility index (Phi) is 9.99. The Morgan fingerprint density at radius 3 is 2.62 bits per heavy atom. The summed E-state index contributed by atoms with van der Waals surface area (Å²) in [6, 6.07) is 5.22. The summed E-state index contributed by atoms with van der Waals surface area (Å²) in [5.74, 6) is 0.405. The van der Waals surface area contributed by atoms with Crippen molar-refractivity contribution in [3.63, 3.8) is 0 Å². The average Bonchev–Trinajstić information content (AvgIpc) is 2.60. The summed E-state index contributed by atoms with van der Waals surface area (Å²) >= 11 is 6.29. The van der Waals surface area contributed by atoms with Crippen LogP contribution in [0, 0.1) is 0 Å². The van der Waals surface area contributed by atoms with Gasteiger partial charge in [-0.2, -0.15) is 0 Å². The van der Waals surface area contributed by atoms with Gasteiger partial charge >= 0.3 is 0 Å². The third kappa shape index (κ3) is 7.14. The molecule has 1 aromatic carbocycles. The quantitative estimate of drug-likeness (QED) is 0.545. The highest BCUT2D eigenvalue weighted by atomic mass is 35.5. The third-order valence-corrected chi connectivity index (χ3v) is 4.33. The van der Waals surface area contributed by atoms with E-state index in [-0.39, 0.29) is 12.0 Å². The minimum absolute atomic E-state index is 0.113. The van der Waals surface area contributed by atoms with Crippen molar-refractivity contribution < 1.29 is 19.0 Å². The third-order valence-electron chi connectivity index (χ3n) is 4.03. The summed E-state index contributed by atoms with van der Waals surface area (Å²) in [6.45, 7) is 8.90. The van der Waals surface area contributed by atoms with Crippen LogP contribution in [0.5, 0.6) is 5.75 Å². The van der Waals surface area contributed by atoms with Gasteiger partial charge in [0.15, 0.2) is 0 Å². The molecule has 0 saturated carbocycles. The van der Waals surface area contributed by atoms with Crippen LogP contribution >= 0.6 is 11.6 Å². The molecule has 0 aromatic heterocycles. The Labute approximate surface area is 162 Å². The molecule has 1 aromatic rings. The van der Waals surface area contributed by atoms with Crippen molar-refractivity contribution in [2.75, 3.05) is 25.6 Å². The van der Waals surface area contributed by atoms with Crippen LogP contribution in [0.25, 0.3) is 0 Å². The smallest absolute Gasteiger partial charge is 0.256 e. The van der Waals surface area contributed by atoms with Gasteiger partial charge in [-0.05, 0) is 44.9 Å². The molecule has 6 heteroatoms. The van der Waals surface area contributed by atoms with E-state index in [2.05, 4.69) is 12.2 Å². The van der Waals surface area contributed by atoms with Crippen molar-refractivity contribution >= 4 is 23.2 Å². The monoisotopic (exact) mass is 385 g/mol. The molecule has 0 bridgehead atoms. The van der Waals surface area contributed by atoms with Gasteiger partial charge in [-0.1, -0.05) is 38.3 Å². The minimum Gasteiger partial charge on any atom is -0.487 e. The minimum atomic E-state index is -0.847. The number of hydrogen-bond acceptors (Lipinski definition) is 4. The number of methoxy groups -OCH3 is 1. The molecule has 0 aliphatic heterocycles. The molecule has 0 aliphatic carbocycles. The first-order chi connectivity index (χ1) is 12.4. The highest BCUT2D eigenvalue weighted by molar-refractivity contribution is 6.32. The lowest BCUT2D eigenvalue weighted by Crippen LogP contribution is -2.43. The van der Waals surface area contributed by atoms with E-state index < -0.39 is 5.60 Å². The molecule has 0 radical (unpaired) electrons. The number of anilines is 1. The number of ether oxygens (including phenoxy) is 3. The molecule has 1 rings (SSSR count). The maximum absolute atomic E-state index is 12.8. The zero-order valence-corrected chi connectivity index (χ0v) is 17.3. The van der Waals surface area contributed by atoms with E-state index in [9.17, 15) is 4.79 Å². The number of carbonyl (C=O) groups is 1. The Hall–Kier alpha value is -1.30. The first kappa shape index (κ1) is 22.7. The lowest BCUT2D eigenvalue weighted by atomic mass is 9.97. The molecule has 1 amide bonds. The standard InChI is InChI=1S/C20H32ClNO4/c1-6-8-11-20(4,25-12-7-2)19(23)22-16-9-10-18(17(21)13-16)26-15(3)14-24-5/h9-10,13,15H,6-8,11-12,14H2,1-5H3,(H,22,23)/t15-,20+/m1/s1. The van der Waals surface area contributed by atoms with Gasteiger partial charge in [0.1, 0.15) is 17.5 Å². The Balaban J connectivity index is 2.81. The van der Waals surface area contributed by atoms with E-state index in [1.54, 1.807) is 25.3 Å². The second-order valence-corrected chi connectivity index (χ2v) is 7.07. The van der Waals surface area contributed by atoms with Gasteiger partial charge < -0.3 is 19.5 Å². The zero-order chi connectivity index (χ0) is 19.6. The van der Waals surface area contributed by atoms with Crippen LogP contribution in [0.3, 0.4) is 0 Å². The van der Waals surface area contributed by atoms with Gasteiger partial charge in [-0.3, -0.25) is 4.79 Å². The van der Waals surface area contributed by atoms with Crippen molar-refractivity contribution in [3.05, 3.63) is 23.2 Å². The van der Waals surface area contributed by atoms with Crippen molar-refractivity contribution in [1.29, 1.82) is 0 Å². The first-order valence-corrected chi connectivity index (χ1v) is 9.64. The van der Waals surface area contributed by atoms with Crippen molar-refractivity contribution in [3.8, 4) is 5.75 Å². The van der Waals surface area contributed by atoms with Crippen LogP contribution in [0.2, 0.25) is 5.02 Å². The molecule has 0 heterocycles. The SMILES string of the molecule is CCCC[C@](C)(OCCC)C(=O)Nc1ccc(O[C@H](C)COC)c(Cl)c1. The highest BCUT2D eigenvalue weighted by Crippen LogP contribution is 2.30. The first-order valence-electron chi connectivity index (χ1n) is 9.26. The molecule has 0 unspecified atom stereocenters. The second-order valence-electron chi connectivity index (χ2n) is 6.67. The second kappa shape index (κ2) is 11.4. The summed E-state index contributed by atoms with van der Waals surface area (Å²) in [4.78, 5) is 12.8. The normalized spacial score (nSPS) is 14.5. The van der Waals surface area contributed by atoms with Crippen LogP contribution < -0.4 is 10.1 Å². The van der Waals surface area contributed by atoms with Gasteiger partial charge in [-0.15, -0.1) is 0 Å². The van der Waals surface area contributed by atoms with E-state index in [0.717, 1.165) is 19.3 Å². The number of unbranched alkanes of at least 4 members (excludes halogenated alkanes) is 1. The van der Waals surface area contributed by atoms with Crippen LogP contribution in [0.4, 0.5) is 5.69 Å². The van der Waals surface area contributed by atoms with Gasteiger partial charge in [0.25, 0.3) is 5.91 Å². The van der Waals surface area contributed by atoms with E-state index in [1.165, 1.54) is 0 Å². The van der Waals surface area contributed by atoms with Crippen LogP contribution in [0.1, 0.15) is 53.4 Å². The lowest BCUT2D eigenvalue weighted by Gasteiger charge is -2.28. The number of benzene rings is 1. The fourth-order valence-electron chi connectivity index (χ4n) is 2.52. The molecule has 0 aliphatic rings. The maximum atomic E-state index is 12.8. The van der Waals surface area contributed by atoms with Gasteiger partial charge in [-0.25, -0.2) is 0 Å². The van der Waals surface area contributed by atoms with E-state index in [0.29, 0.717) is 36.1 Å². The summed E-state index contributed by atoms with van der Waals surface area (Å²) in [5.41, 5.74) is -0.227. The largest absolute Gasteiger partial charge is 0.487 e. The van der Waals surface area contributed by atoms with E-state index in [1.807, 2.05) is 20.8 Å². The Bertz CT molecular complexity index is 557. The molecule has 2 atom stereocenters. The number of halogens is 1. The fourth-order valence-corrected chi connectivity index (χ4v) is 2.74. The summed E-state index contributed by atoms with van der Waals surface area (Å²) in [6.07, 6.45) is 3.37. The average molecular weight is 386 g/mol. The molecule has 148 valence electrons. The number of hydrogen-bond donors (Lipinski definition) is 1. The number of nitrogens with one attached hydrogen (secondary N) is 1. The zero-order valence-electron chi connectivity index (χ0n) is 16.6. The summed E-state index contributed by atoms with van der Waals surface area (Å²) in [7, 11) is 1.62. The van der Waals surface area contributed by atoms with Crippen LogP contribution in [-0.4, -0.2) is 37.9 Å². The van der Waals surface area contributed by atoms with E-state index >= 15 is 0 Å². The summed E-state index contributed by atoms with van der Waals surface area (Å²) in [5, 5.41) is 3.36. The van der Waals surface area contributed by atoms with Gasteiger partial charge in [0.2, 0.25) is 0 Å². The molecule has 0 saturated heterocycles. The lowest BCUT2D eigenvalue weighted by molar-refractivity contribution is -0.140. The molecular formula is C20H32ClNO4. The number of rotatable bonds is 12. The highest BCUT2D eigenvalue weighted by Gasteiger charge is 2.33. The number of carbonyl (C=O) groups excluding carboxylic acids is 1.